The lowest BCUT2D eigenvalue weighted by atomic mass is 10.0. The molecule has 1 fully saturated rings. The zero-order chi connectivity index (χ0) is 10.9. The van der Waals surface area contributed by atoms with Gasteiger partial charge in [0.2, 0.25) is 0 Å². The molecule has 0 aromatic carbocycles. The van der Waals surface area contributed by atoms with E-state index in [0.717, 1.165) is 12.5 Å². The highest BCUT2D eigenvalue weighted by molar-refractivity contribution is 7.12. The Morgan fingerprint density at radius 1 is 1.47 bits per heavy atom. The lowest BCUT2D eigenvalue weighted by molar-refractivity contribution is 0.597. The van der Waals surface area contributed by atoms with Crippen LogP contribution in [-0.2, 0) is 11.8 Å². The third kappa shape index (κ3) is 2.11. The fraction of sp³-hybridized carbons (Fsp3) is 0.692. The first-order valence-corrected chi connectivity index (χ1v) is 6.82. The van der Waals surface area contributed by atoms with Crippen molar-refractivity contribution in [1.82, 2.24) is 5.32 Å². The van der Waals surface area contributed by atoms with Gasteiger partial charge in [-0.25, -0.2) is 0 Å². The molecule has 2 unspecified atom stereocenters. The summed E-state index contributed by atoms with van der Waals surface area (Å²) in [6.45, 7) is 9.12. The van der Waals surface area contributed by atoms with Crippen molar-refractivity contribution in [2.45, 2.75) is 39.0 Å². The van der Waals surface area contributed by atoms with Gasteiger partial charge in [-0.2, -0.15) is 0 Å². The Morgan fingerprint density at radius 2 is 2.27 bits per heavy atom. The van der Waals surface area contributed by atoms with Gasteiger partial charge in [-0.05, 0) is 44.0 Å². The number of thiophene rings is 1. The topological polar surface area (TPSA) is 12.0 Å². The number of aryl methyl sites for hydroxylation is 1. The molecule has 1 heterocycles. The highest BCUT2D eigenvalue weighted by atomic mass is 32.1. The van der Waals surface area contributed by atoms with Crippen molar-refractivity contribution in [3.05, 3.63) is 21.9 Å². The Morgan fingerprint density at radius 3 is 2.87 bits per heavy atom. The van der Waals surface area contributed by atoms with Gasteiger partial charge < -0.3 is 5.32 Å². The maximum absolute atomic E-state index is 3.46. The second-order valence-electron chi connectivity index (χ2n) is 4.75. The van der Waals surface area contributed by atoms with E-state index in [1.807, 2.05) is 11.3 Å². The van der Waals surface area contributed by atoms with Crippen LogP contribution in [0.1, 0.15) is 36.9 Å². The van der Waals surface area contributed by atoms with Crippen LogP contribution in [0.2, 0.25) is 0 Å². The first-order chi connectivity index (χ1) is 7.20. The molecule has 1 aliphatic rings. The largest absolute Gasteiger partial charge is 0.317 e. The molecule has 0 bridgehead atoms. The van der Waals surface area contributed by atoms with Crippen LogP contribution in [0.4, 0.5) is 0 Å². The molecule has 0 aliphatic heterocycles. The van der Waals surface area contributed by atoms with E-state index >= 15 is 0 Å². The van der Waals surface area contributed by atoms with Crippen molar-refractivity contribution in [3.63, 3.8) is 0 Å². The minimum atomic E-state index is 0.486. The Kier molecular flexibility index (Phi) is 3.17. The van der Waals surface area contributed by atoms with Crippen LogP contribution in [0.3, 0.4) is 0 Å². The number of rotatable bonds is 5. The lowest BCUT2D eigenvalue weighted by Gasteiger charge is -2.08. The SMILES string of the molecule is CCNCC1CC1(C)c1ccc(CC)s1. The Labute approximate surface area is 96.9 Å². The van der Waals surface area contributed by atoms with Gasteiger partial charge in [0.25, 0.3) is 0 Å². The molecular weight excluding hydrogens is 202 g/mol. The van der Waals surface area contributed by atoms with Crippen LogP contribution in [0.15, 0.2) is 12.1 Å². The number of hydrogen-bond donors (Lipinski definition) is 1. The molecular formula is C13H21NS. The van der Waals surface area contributed by atoms with E-state index in [2.05, 4.69) is 38.2 Å². The summed E-state index contributed by atoms with van der Waals surface area (Å²) >= 11 is 2.01. The Balaban J connectivity index is 1.99. The molecule has 1 N–H and O–H groups in total. The molecule has 15 heavy (non-hydrogen) atoms. The molecule has 1 aliphatic carbocycles. The molecule has 0 radical (unpaired) electrons. The summed E-state index contributed by atoms with van der Waals surface area (Å²) < 4.78 is 0. The zero-order valence-corrected chi connectivity index (χ0v) is 10.8. The molecule has 84 valence electrons. The highest BCUT2D eigenvalue weighted by Crippen LogP contribution is 2.55. The van der Waals surface area contributed by atoms with Crippen LogP contribution >= 0.6 is 11.3 Å². The standard InChI is InChI=1S/C13H21NS/c1-4-11-6-7-12(15-11)13(3)8-10(13)9-14-5-2/h6-7,10,14H,4-5,8-9H2,1-3H3. The molecule has 0 spiro atoms. The minimum Gasteiger partial charge on any atom is -0.317 e. The molecule has 1 aromatic heterocycles. The molecule has 1 nitrogen and oxygen atoms in total. The molecule has 2 rings (SSSR count). The van der Waals surface area contributed by atoms with Crippen molar-refractivity contribution in [3.8, 4) is 0 Å². The minimum absolute atomic E-state index is 0.486. The maximum Gasteiger partial charge on any atom is 0.0111 e. The second kappa shape index (κ2) is 4.26. The molecule has 2 heteroatoms. The average Bonchev–Trinajstić information content (AvgIpc) is 2.71. The van der Waals surface area contributed by atoms with Crippen molar-refractivity contribution in [2.75, 3.05) is 13.1 Å². The van der Waals surface area contributed by atoms with Crippen molar-refractivity contribution < 1.29 is 0 Å². The predicted molar refractivity (Wildman–Crippen MR) is 67.7 cm³/mol. The van der Waals surface area contributed by atoms with E-state index in [-0.39, 0.29) is 0 Å². The van der Waals surface area contributed by atoms with Gasteiger partial charge in [0.1, 0.15) is 0 Å². The van der Waals surface area contributed by atoms with E-state index in [9.17, 15) is 0 Å². The normalized spacial score (nSPS) is 29.4. The monoisotopic (exact) mass is 223 g/mol. The van der Waals surface area contributed by atoms with E-state index in [1.165, 1.54) is 24.3 Å². The number of hydrogen-bond acceptors (Lipinski definition) is 2. The van der Waals surface area contributed by atoms with Gasteiger partial charge in [0, 0.05) is 15.2 Å². The third-order valence-corrected chi connectivity index (χ3v) is 5.13. The van der Waals surface area contributed by atoms with Crippen molar-refractivity contribution in [1.29, 1.82) is 0 Å². The molecule has 0 saturated heterocycles. The fourth-order valence-corrected chi connectivity index (χ4v) is 3.43. The van der Waals surface area contributed by atoms with E-state index in [0.29, 0.717) is 5.41 Å². The van der Waals surface area contributed by atoms with Crippen molar-refractivity contribution in [2.24, 2.45) is 5.92 Å². The molecule has 2 atom stereocenters. The summed E-state index contributed by atoms with van der Waals surface area (Å²) in [6.07, 6.45) is 2.54. The van der Waals surface area contributed by atoms with Gasteiger partial charge in [0.15, 0.2) is 0 Å². The molecule has 1 aromatic rings. The summed E-state index contributed by atoms with van der Waals surface area (Å²) in [6, 6.07) is 4.64. The van der Waals surface area contributed by atoms with Gasteiger partial charge in [-0.15, -0.1) is 11.3 Å². The third-order valence-electron chi connectivity index (χ3n) is 3.63. The van der Waals surface area contributed by atoms with Crippen LogP contribution in [0, 0.1) is 5.92 Å². The summed E-state index contributed by atoms with van der Waals surface area (Å²) in [4.78, 5) is 3.13. The Hall–Kier alpha value is -0.340. The predicted octanol–water partition coefficient (Wildman–Crippen LogP) is 3.20. The number of nitrogens with one attached hydrogen (secondary N) is 1. The maximum atomic E-state index is 3.46. The summed E-state index contributed by atoms with van der Waals surface area (Å²) in [5, 5.41) is 3.46. The van der Waals surface area contributed by atoms with E-state index in [1.54, 1.807) is 4.88 Å². The summed E-state index contributed by atoms with van der Waals surface area (Å²) in [5.41, 5.74) is 0.486. The first-order valence-electron chi connectivity index (χ1n) is 6.00. The van der Waals surface area contributed by atoms with Gasteiger partial charge in [-0.1, -0.05) is 20.8 Å². The zero-order valence-electron chi connectivity index (χ0n) is 9.97. The quantitative estimate of drug-likeness (QED) is 0.808. The molecule has 1 saturated carbocycles. The van der Waals surface area contributed by atoms with Crippen LogP contribution in [-0.4, -0.2) is 13.1 Å². The van der Waals surface area contributed by atoms with E-state index in [4.69, 9.17) is 0 Å². The van der Waals surface area contributed by atoms with Gasteiger partial charge in [0.05, 0.1) is 0 Å². The van der Waals surface area contributed by atoms with Crippen LogP contribution in [0.5, 0.6) is 0 Å². The first kappa shape index (κ1) is 11.2. The fourth-order valence-electron chi connectivity index (χ4n) is 2.25. The molecule has 0 amide bonds. The second-order valence-corrected chi connectivity index (χ2v) is 5.91. The Bertz CT molecular complexity index is 331. The smallest absolute Gasteiger partial charge is 0.0111 e. The van der Waals surface area contributed by atoms with E-state index < -0.39 is 0 Å². The van der Waals surface area contributed by atoms with Crippen molar-refractivity contribution >= 4 is 11.3 Å². The van der Waals surface area contributed by atoms with Crippen LogP contribution in [0.25, 0.3) is 0 Å². The van der Waals surface area contributed by atoms with Gasteiger partial charge in [-0.3, -0.25) is 0 Å². The summed E-state index contributed by atoms with van der Waals surface area (Å²) in [5.74, 6) is 0.862. The average molecular weight is 223 g/mol. The highest BCUT2D eigenvalue weighted by Gasteiger charge is 2.51. The van der Waals surface area contributed by atoms with Crippen LogP contribution < -0.4 is 5.32 Å². The summed E-state index contributed by atoms with van der Waals surface area (Å²) in [7, 11) is 0. The van der Waals surface area contributed by atoms with Gasteiger partial charge >= 0.3 is 0 Å². The lowest BCUT2D eigenvalue weighted by Crippen LogP contribution is -2.19.